The monoisotopic (exact) mass is 951 g/mol. The molecule has 1 rings (SSSR count). The van der Waals surface area contributed by atoms with Crippen LogP contribution in [0.2, 0.25) is 0 Å². The molecule has 0 radical (unpaired) electrons. The minimum Gasteiger partial charge on any atom is -0.457 e. The molecule has 65 heavy (non-hydrogen) atoms. The molecule has 1 saturated carbocycles. The maximum absolute atomic E-state index is 12.9. The first-order chi connectivity index (χ1) is 31.5. The summed E-state index contributed by atoms with van der Waals surface area (Å²) >= 11 is 0. The summed E-state index contributed by atoms with van der Waals surface area (Å²) in [5.41, 5.74) is 0. The lowest BCUT2D eigenvalue weighted by Crippen LogP contribution is -2.64. The molecule has 0 bridgehead atoms. The van der Waals surface area contributed by atoms with Gasteiger partial charge in [0.25, 0.3) is 0 Å². The van der Waals surface area contributed by atoms with Gasteiger partial charge in [-0.15, -0.1) is 0 Å². The van der Waals surface area contributed by atoms with Gasteiger partial charge in [0.05, 0.1) is 13.2 Å². The molecule has 0 saturated heterocycles. The second kappa shape index (κ2) is 43.4. The van der Waals surface area contributed by atoms with Crippen molar-refractivity contribution in [1.82, 2.24) is 0 Å². The highest BCUT2D eigenvalue weighted by molar-refractivity contribution is 7.47. The van der Waals surface area contributed by atoms with E-state index < -0.39 is 63.1 Å². The van der Waals surface area contributed by atoms with Gasteiger partial charge in [-0.1, -0.05) is 245 Å². The van der Waals surface area contributed by atoms with E-state index in [1.807, 2.05) is 0 Å². The maximum Gasteiger partial charge on any atom is 0.472 e. The number of hydrogen-bond acceptors (Lipinski definition) is 11. The van der Waals surface area contributed by atoms with Crippen molar-refractivity contribution < 1.29 is 58.3 Å². The van der Waals surface area contributed by atoms with E-state index in [9.17, 15) is 39.8 Å². The molecule has 0 aliphatic heterocycles. The number of esters is 1. The number of hydrogen-bond donors (Lipinski definition) is 6. The van der Waals surface area contributed by atoms with Gasteiger partial charge in [-0.3, -0.25) is 13.8 Å². The van der Waals surface area contributed by atoms with E-state index in [1.54, 1.807) is 0 Å². The first-order valence-corrected chi connectivity index (χ1v) is 28.9. The van der Waals surface area contributed by atoms with Crippen LogP contribution in [0.3, 0.4) is 0 Å². The normalized spacial score (nSPS) is 21.4. The van der Waals surface area contributed by atoms with E-state index in [0.29, 0.717) is 13.0 Å². The summed E-state index contributed by atoms with van der Waals surface area (Å²) in [6, 6.07) is 0. The molecule has 8 atom stereocenters. The van der Waals surface area contributed by atoms with E-state index in [4.69, 9.17) is 18.5 Å². The number of carbonyl (C=O) groups is 1. The summed E-state index contributed by atoms with van der Waals surface area (Å²) < 4.78 is 34.4. The van der Waals surface area contributed by atoms with Gasteiger partial charge in [0.2, 0.25) is 0 Å². The first kappa shape index (κ1) is 62.4. The fraction of sp³-hybridized carbons (Fsp3) is 0.981. The zero-order valence-electron chi connectivity index (χ0n) is 41.8. The number of phosphoric acid groups is 1. The lowest BCUT2D eigenvalue weighted by molar-refractivity contribution is -0.220. The van der Waals surface area contributed by atoms with Crippen LogP contribution in [-0.2, 0) is 27.9 Å². The number of aliphatic hydroxyl groups is 5. The van der Waals surface area contributed by atoms with Crippen LogP contribution >= 0.6 is 7.82 Å². The average molecular weight is 951 g/mol. The highest BCUT2D eigenvalue weighted by Crippen LogP contribution is 2.47. The Kier molecular flexibility index (Phi) is 41.6. The summed E-state index contributed by atoms with van der Waals surface area (Å²) in [6.45, 7) is 4.33. The minimum atomic E-state index is -5.02. The van der Waals surface area contributed by atoms with E-state index in [2.05, 4.69) is 13.8 Å². The molecule has 6 N–H and O–H groups in total. The largest absolute Gasteiger partial charge is 0.472 e. The van der Waals surface area contributed by atoms with Crippen LogP contribution in [0.25, 0.3) is 0 Å². The third-order valence-electron chi connectivity index (χ3n) is 13.2. The Bertz CT molecular complexity index is 1080. The number of phosphoric ester groups is 1. The van der Waals surface area contributed by atoms with Gasteiger partial charge in [-0.2, -0.15) is 0 Å². The van der Waals surface area contributed by atoms with Crippen molar-refractivity contribution in [2.75, 3.05) is 19.8 Å². The molecule has 0 amide bonds. The highest BCUT2D eigenvalue weighted by atomic mass is 31.2. The summed E-state index contributed by atoms with van der Waals surface area (Å²) in [7, 11) is -5.02. The molecular formula is C52H103O12P. The van der Waals surface area contributed by atoms with Crippen LogP contribution in [0.15, 0.2) is 0 Å². The van der Waals surface area contributed by atoms with Gasteiger partial charge in [0.15, 0.2) is 0 Å². The Hall–Kier alpha value is -0.660. The number of ether oxygens (including phenoxy) is 2. The molecule has 13 heteroatoms. The predicted molar refractivity (Wildman–Crippen MR) is 263 cm³/mol. The van der Waals surface area contributed by atoms with Crippen molar-refractivity contribution in [2.24, 2.45) is 0 Å². The van der Waals surface area contributed by atoms with Crippen LogP contribution in [0.4, 0.5) is 0 Å². The summed E-state index contributed by atoms with van der Waals surface area (Å²) in [5, 5.41) is 50.3. The maximum atomic E-state index is 12.9. The summed E-state index contributed by atoms with van der Waals surface area (Å²) in [5.74, 6) is -0.468. The summed E-state index contributed by atoms with van der Waals surface area (Å²) in [6.07, 6.45) is 36.0. The topological polar surface area (TPSA) is 192 Å². The average Bonchev–Trinajstić information content (AvgIpc) is 3.29. The second-order valence-electron chi connectivity index (χ2n) is 19.5. The molecule has 0 aromatic carbocycles. The van der Waals surface area contributed by atoms with Crippen LogP contribution in [0.1, 0.15) is 264 Å². The van der Waals surface area contributed by atoms with Crippen molar-refractivity contribution in [3.8, 4) is 0 Å². The molecule has 388 valence electrons. The lowest BCUT2D eigenvalue weighted by atomic mass is 9.85. The molecule has 12 nitrogen and oxygen atoms in total. The lowest BCUT2D eigenvalue weighted by Gasteiger charge is -2.41. The molecule has 1 aliphatic rings. The SMILES string of the molecule is CCCCCCCCCCCCCCCCCCCCCCC(=O)O[C@H](COCCCCCCCCCCCCCCCCCCCC)COP(=O)(O)OC1C(O)C(O)C(O)[C@@H](O)C1O. The van der Waals surface area contributed by atoms with Crippen LogP contribution in [0, 0.1) is 0 Å². The number of aliphatic hydroxyl groups excluding tert-OH is 5. The Labute approximate surface area is 397 Å². The zero-order chi connectivity index (χ0) is 47.6. The third-order valence-corrected chi connectivity index (χ3v) is 14.2. The molecule has 0 heterocycles. The van der Waals surface area contributed by atoms with Crippen molar-refractivity contribution >= 4 is 13.8 Å². The summed E-state index contributed by atoms with van der Waals surface area (Å²) in [4.78, 5) is 23.3. The van der Waals surface area contributed by atoms with Gasteiger partial charge in [-0.25, -0.2) is 4.57 Å². The third kappa shape index (κ3) is 35.2. The Balaban J connectivity index is 2.29. The first-order valence-electron chi connectivity index (χ1n) is 27.4. The van der Waals surface area contributed by atoms with Crippen molar-refractivity contribution in [2.45, 2.75) is 307 Å². The van der Waals surface area contributed by atoms with Crippen molar-refractivity contribution in [3.63, 3.8) is 0 Å². The van der Waals surface area contributed by atoms with Crippen molar-refractivity contribution in [3.05, 3.63) is 0 Å². The van der Waals surface area contributed by atoms with Gasteiger partial charge in [-0.05, 0) is 12.8 Å². The zero-order valence-corrected chi connectivity index (χ0v) is 42.7. The smallest absolute Gasteiger partial charge is 0.457 e. The Morgan fingerprint density at radius 3 is 1.06 bits per heavy atom. The van der Waals surface area contributed by atoms with E-state index in [0.717, 1.165) is 38.5 Å². The van der Waals surface area contributed by atoms with E-state index >= 15 is 0 Å². The van der Waals surface area contributed by atoms with Gasteiger partial charge in [0.1, 0.15) is 42.7 Å². The number of carbonyl (C=O) groups excluding carboxylic acids is 1. The molecule has 1 fully saturated rings. The van der Waals surface area contributed by atoms with Gasteiger partial charge in [0, 0.05) is 13.0 Å². The fourth-order valence-corrected chi connectivity index (χ4v) is 9.86. The molecule has 0 aromatic heterocycles. The van der Waals surface area contributed by atoms with Crippen molar-refractivity contribution in [1.29, 1.82) is 0 Å². The van der Waals surface area contributed by atoms with Gasteiger partial charge < -0.3 is 39.9 Å². The standard InChI is InChI=1S/C52H103O12P/c1-3-5-7-9-11-13-15-17-19-21-23-24-25-27-29-31-33-35-37-39-41-46(53)63-45(44-62-65(59,60)64-52-50(57)48(55)47(54)49(56)51(52)58)43-61-42-40-38-36-34-32-30-28-26-22-20-18-16-14-12-10-8-6-4-2/h45,47-52,54-58H,3-44H2,1-2H3,(H,59,60)/t45-,47?,48-,49?,50?,51?,52?/m1/s1. The molecule has 1 aliphatic carbocycles. The molecule has 0 aromatic rings. The number of unbranched alkanes of at least 4 members (excludes halogenated alkanes) is 36. The van der Waals surface area contributed by atoms with E-state index in [-0.39, 0.29) is 13.0 Å². The minimum absolute atomic E-state index is 0.0672. The highest BCUT2D eigenvalue weighted by Gasteiger charge is 2.51. The van der Waals surface area contributed by atoms with E-state index in [1.165, 1.54) is 199 Å². The Morgan fingerprint density at radius 1 is 0.431 bits per heavy atom. The second-order valence-corrected chi connectivity index (χ2v) is 20.9. The fourth-order valence-electron chi connectivity index (χ4n) is 8.89. The Morgan fingerprint density at radius 2 is 0.723 bits per heavy atom. The number of rotatable bonds is 48. The molecule has 0 spiro atoms. The van der Waals surface area contributed by atoms with Crippen LogP contribution in [-0.4, -0.2) is 98.9 Å². The van der Waals surface area contributed by atoms with Crippen LogP contribution in [0.5, 0.6) is 0 Å². The predicted octanol–water partition coefficient (Wildman–Crippen LogP) is 12.5. The molecule has 6 unspecified atom stereocenters. The molecular weight excluding hydrogens is 848 g/mol. The van der Waals surface area contributed by atoms with Gasteiger partial charge >= 0.3 is 13.8 Å². The quantitative estimate of drug-likeness (QED) is 0.0192. The van der Waals surface area contributed by atoms with Crippen LogP contribution < -0.4 is 0 Å².